The first-order valence-corrected chi connectivity index (χ1v) is 7.84. The number of rotatable bonds is 5. The number of hydrogen-bond acceptors (Lipinski definition) is 4. The summed E-state index contributed by atoms with van der Waals surface area (Å²) >= 11 is 0. The van der Waals surface area contributed by atoms with Crippen molar-refractivity contribution in [2.75, 3.05) is 26.3 Å². The van der Waals surface area contributed by atoms with Crippen molar-refractivity contribution in [2.24, 2.45) is 0 Å². The molecule has 0 aliphatic carbocycles. The van der Waals surface area contributed by atoms with Gasteiger partial charge in [-0.05, 0) is 37.1 Å². The predicted molar refractivity (Wildman–Crippen MR) is 85.7 cm³/mol. The lowest BCUT2D eigenvalue weighted by atomic mass is 10.0. The first-order valence-electron chi connectivity index (χ1n) is 7.84. The number of nitrogens with zero attached hydrogens (tertiary/aromatic N) is 1. The van der Waals surface area contributed by atoms with E-state index in [4.69, 9.17) is 9.15 Å². The first-order chi connectivity index (χ1) is 11.1. The molecule has 1 aromatic heterocycles. The number of ether oxygens (including phenoxy) is 1. The number of aryl methyl sites for hydroxylation is 1. The van der Waals surface area contributed by atoms with Crippen LogP contribution in [0, 0.1) is 6.92 Å². The topological polar surface area (TPSA) is 62.9 Å². The summed E-state index contributed by atoms with van der Waals surface area (Å²) in [6, 6.07) is 11.2. The summed E-state index contributed by atoms with van der Waals surface area (Å²) in [4.78, 5) is 13.6. The molecule has 1 aliphatic rings. The van der Waals surface area contributed by atoms with Crippen LogP contribution in [-0.2, 0) is 11.2 Å². The van der Waals surface area contributed by atoms with Gasteiger partial charge in [0.05, 0.1) is 24.8 Å². The highest BCUT2D eigenvalue weighted by atomic mass is 16.5. The molecule has 1 N–H and O–H groups in total. The summed E-state index contributed by atoms with van der Waals surface area (Å²) in [5, 5.41) is 9.29. The lowest BCUT2D eigenvalue weighted by Crippen LogP contribution is -2.40. The van der Waals surface area contributed by atoms with E-state index in [0.29, 0.717) is 25.2 Å². The Labute approximate surface area is 135 Å². The Bertz CT molecular complexity index is 679. The lowest BCUT2D eigenvalue weighted by Gasteiger charge is -2.34. The molecule has 23 heavy (non-hydrogen) atoms. The fourth-order valence-corrected chi connectivity index (χ4v) is 3.01. The minimum absolute atomic E-state index is 0.0921. The summed E-state index contributed by atoms with van der Waals surface area (Å²) in [5.74, 6) is 0.927. The van der Waals surface area contributed by atoms with Gasteiger partial charge in [-0.2, -0.15) is 0 Å². The molecule has 0 radical (unpaired) electrons. The van der Waals surface area contributed by atoms with Crippen molar-refractivity contribution in [2.45, 2.75) is 19.4 Å². The Morgan fingerprint density at radius 1 is 1.30 bits per heavy atom. The van der Waals surface area contributed by atoms with Crippen LogP contribution in [0.3, 0.4) is 0 Å². The van der Waals surface area contributed by atoms with E-state index in [1.165, 1.54) is 0 Å². The number of carboxylic acid groups (broad SMARTS) is 1. The third kappa shape index (κ3) is 3.63. The monoisotopic (exact) mass is 315 g/mol. The number of carbonyl (C=O) groups is 1. The second-order valence-corrected chi connectivity index (χ2v) is 5.79. The van der Waals surface area contributed by atoms with Gasteiger partial charge in [-0.15, -0.1) is 0 Å². The van der Waals surface area contributed by atoms with Gasteiger partial charge >= 0.3 is 5.97 Å². The predicted octanol–water partition coefficient (Wildman–Crippen LogP) is 2.90. The summed E-state index contributed by atoms with van der Waals surface area (Å²) in [6.07, 6.45) is 0.693. The van der Waals surface area contributed by atoms with Crippen molar-refractivity contribution in [3.05, 3.63) is 59.0 Å². The maximum Gasteiger partial charge on any atom is 0.335 e. The number of hydrogen-bond donors (Lipinski definition) is 1. The van der Waals surface area contributed by atoms with E-state index < -0.39 is 5.97 Å². The molecular weight excluding hydrogens is 294 g/mol. The molecule has 0 spiro atoms. The smallest absolute Gasteiger partial charge is 0.335 e. The fraction of sp³-hybridized carbons (Fsp3) is 0.389. The van der Waals surface area contributed by atoms with E-state index in [0.717, 1.165) is 30.2 Å². The Morgan fingerprint density at radius 3 is 2.87 bits per heavy atom. The van der Waals surface area contributed by atoms with Gasteiger partial charge in [0.25, 0.3) is 0 Å². The molecule has 0 bridgehead atoms. The molecule has 1 aromatic carbocycles. The number of furan rings is 1. The molecule has 1 saturated heterocycles. The number of benzene rings is 1. The second kappa shape index (κ2) is 6.98. The molecular formula is C18H21NO4. The molecule has 3 rings (SSSR count). The highest BCUT2D eigenvalue weighted by molar-refractivity contribution is 5.89. The van der Waals surface area contributed by atoms with Gasteiger partial charge in [-0.1, -0.05) is 18.2 Å². The molecule has 2 aromatic rings. The second-order valence-electron chi connectivity index (χ2n) is 5.79. The maximum absolute atomic E-state index is 11.3. The highest BCUT2D eigenvalue weighted by Gasteiger charge is 2.27. The lowest BCUT2D eigenvalue weighted by molar-refractivity contribution is -0.0157. The summed E-state index contributed by atoms with van der Waals surface area (Å²) < 4.78 is 11.3. The third-order valence-corrected chi connectivity index (χ3v) is 4.25. The van der Waals surface area contributed by atoms with E-state index >= 15 is 0 Å². The van der Waals surface area contributed by atoms with Crippen molar-refractivity contribution in [1.82, 2.24) is 4.90 Å². The van der Waals surface area contributed by atoms with Crippen LogP contribution in [0.4, 0.5) is 0 Å². The van der Waals surface area contributed by atoms with Gasteiger partial charge in [0.1, 0.15) is 11.5 Å². The quantitative estimate of drug-likeness (QED) is 0.919. The van der Waals surface area contributed by atoms with Crippen LogP contribution in [0.5, 0.6) is 0 Å². The van der Waals surface area contributed by atoms with Crippen molar-refractivity contribution < 1.29 is 19.1 Å². The van der Waals surface area contributed by atoms with Gasteiger partial charge < -0.3 is 14.3 Å². The molecule has 2 heterocycles. The van der Waals surface area contributed by atoms with Crippen LogP contribution in [0.1, 0.15) is 33.5 Å². The van der Waals surface area contributed by atoms with Gasteiger partial charge in [0, 0.05) is 13.1 Å². The summed E-state index contributed by atoms with van der Waals surface area (Å²) in [7, 11) is 0. The molecule has 0 amide bonds. The minimum Gasteiger partial charge on any atom is -0.478 e. The molecule has 1 unspecified atom stereocenters. The van der Waals surface area contributed by atoms with E-state index in [9.17, 15) is 9.90 Å². The Kier molecular flexibility index (Phi) is 4.79. The van der Waals surface area contributed by atoms with E-state index in [2.05, 4.69) is 4.90 Å². The molecule has 1 atom stereocenters. The normalized spacial score (nSPS) is 18.9. The SMILES string of the molecule is Cc1ccc(C2COCCN2CCc2ccccc2C(=O)O)o1. The van der Waals surface area contributed by atoms with Gasteiger partial charge in [0.2, 0.25) is 0 Å². The number of aromatic carboxylic acids is 1. The number of morpholine rings is 1. The average molecular weight is 315 g/mol. The first kappa shape index (κ1) is 15.8. The van der Waals surface area contributed by atoms with E-state index in [1.54, 1.807) is 12.1 Å². The van der Waals surface area contributed by atoms with Crippen LogP contribution in [-0.4, -0.2) is 42.3 Å². The molecule has 5 heteroatoms. The average Bonchev–Trinajstić information content (AvgIpc) is 2.99. The Balaban J connectivity index is 1.72. The van der Waals surface area contributed by atoms with Crippen LogP contribution < -0.4 is 0 Å². The third-order valence-electron chi connectivity index (χ3n) is 4.25. The summed E-state index contributed by atoms with van der Waals surface area (Å²) in [5.41, 5.74) is 1.24. The zero-order chi connectivity index (χ0) is 16.2. The summed E-state index contributed by atoms with van der Waals surface area (Å²) in [6.45, 7) is 4.82. The highest BCUT2D eigenvalue weighted by Crippen LogP contribution is 2.26. The maximum atomic E-state index is 11.3. The number of carboxylic acids is 1. The van der Waals surface area contributed by atoms with Crippen molar-refractivity contribution >= 4 is 5.97 Å². The fourth-order valence-electron chi connectivity index (χ4n) is 3.01. The Hall–Kier alpha value is -2.11. The van der Waals surface area contributed by atoms with Gasteiger partial charge in [-0.25, -0.2) is 4.79 Å². The molecule has 1 aliphatic heterocycles. The van der Waals surface area contributed by atoms with Gasteiger partial charge in [-0.3, -0.25) is 4.90 Å². The van der Waals surface area contributed by atoms with Crippen LogP contribution >= 0.6 is 0 Å². The molecule has 0 saturated carbocycles. The molecule has 5 nitrogen and oxygen atoms in total. The van der Waals surface area contributed by atoms with Crippen LogP contribution in [0.25, 0.3) is 0 Å². The van der Waals surface area contributed by atoms with Gasteiger partial charge in [0.15, 0.2) is 0 Å². The van der Waals surface area contributed by atoms with Crippen molar-refractivity contribution in [3.63, 3.8) is 0 Å². The van der Waals surface area contributed by atoms with E-state index in [1.807, 2.05) is 31.2 Å². The Morgan fingerprint density at radius 2 is 2.13 bits per heavy atom. The van der Waals surface area contributed by atoms with Crippen molar-refractivity contribution in [3.8, 4) is 0 Å². The van der Waals surface area contributed by atoms with Crippen LogP contribution in [0.2, 0.25) is 0 Å². The zero-order valence-corrected chi connectivity index (χ0v) is 13.2. The zero-order valence-electron chi connectivity index (χ0n) is 13.2. The van der Waals surface area contributed by atoms with E-state index in [-0.39, 0.29) is 6.04 Å². The molecule has 1 fully saturated rings. The minimum atomic E-state index is -0.874. The standard InChI is InChI=1S/C18H21NO4/c1-13-6-7-17(23-13)16-12-22-11-10-19(16)9-8-14-4-2-3-5-15(14)18(20)21/h2-7,16H,8-12H2,1H3,(H,20,21). The molecule has 122 valence electrons. The largest absolute Gasteiger partial charge is 0.478 e. The van der Waals surface area contributed by atoms with Crippen LogP contribution in [0.15, 0.2) is 40.8 Å². The van der Waals surface area contributed by atoms with Crippen molar-refractivity contribution in [1.29, 1.82) is 0 Å².